The van der Waals surface area contributed by atoms with E-state index < -0.39 is 11.5 Å². The van der Waals surface area contributed by atoms with Crippen LogP contribution in [0.5, 0.6) is 0 Å². The van der Waals surface area contributed by atoms with Gasteiger partial charge in [0.25, 0.3) is 11.5 Å². The van der Waals surface area contributed by atoms with Crippen LogP contribution in [0.3, 0.4) is 0 Å². The Labute approximate surface area is 117 Å². The van der Waals surface area contributed by atoms with Gasteiger partial charge in [0, 0.05) is 5.92 Å². The van der Waals surface area contributed by atoms with E-state index in [2.05, 4.69) is 15.3 Å². The second-order valence-electron chi connectivity index (χ2n) is 5.69. The van der Waals surface area contributed by atoms with Crippen LogP contribution in [0.4, 0.5) is 0 Å². The average Bonchev–Trinajstić information content (AvgIpc) is 3.18. The first-order chi connectivity index (χ1) is 9.43. The van der Waals surface area contributed by atoms with Crippen LogP contribution in [-0.4, -0.2) is 33.6 Å². The minimum absolute atomic E-state index is 0.0356. The van der Waals surface area contributed by atoms with E-state index in [-0.39, 0.29) is 24.1 Å². The molecule has 1 aliphatic carbocycles. The summed E-state index contributed by atoms with van der Waals surface area (Å²) in [7, 11) is 0. The van der Waals surface area contributed by atoms with Gasteiger partial charge >= 0.3 is 0 Å². The summed E-state index contributed by atoms with van der Waals surface area (Å²) < 4.78 is 0. The van der Waals surface area contributed by atoms with E-state index in [0.29, 0.717) is 17.4 Å². The Hall–Kier alpha value is -1.69. The van der Waals surface area contributed by atoms with Crippen LogP contribution in [0.25, 0.3) is 0 Å². The van der Waals surface area contributed by atoms with Crippen molar-refractivity contribution in [1.82, 2.24) is 15.3 Å². The predicted octanol–water partition coefficient (Wildman–Crippen LogP) is 0.702. The third kappa shape index (κ3) is 3.07. The summed E-state index contributed by atoms with van der Waals surface area (Å²) >= 11 is 0. The number of nitrogens with zero attached hydrogens (tertiary/aromatic N) is 1. The van der Waals surface area contributed by atoms with Crippen LogP contribution in [0, 0.1) is 12.8 Å². The maximum absolute atomic E-state index is 12.2. The van der Waals surface area contributed by atoms with Crippen molar-refractivity contribution in [3.63, 3.8) is 0 Å². The van der Waals surface area contributed by atoms with Gasteiger partial charge in [-0.25, -0.2) is 4.98 Å². The van der Waals surface area contributed by atoms with Gasteiger partial charge < -0.3 is 15.4 Å². The van der Waals surface area contributed by atoms with Gasteiger partial charge in [-0.3, -0.25) is 9.59 Å². The molecule has 0 aliphatic heterocycles. The van der Waals surface area contributed by atoms with Crippen LogP contribution < -0.4 is 10.9 Å². The fourth-order valence-electron chi connectivity index (χ4n) is 2.09. The number of H-pyrrole nitrogens is 1. The summed E-state index contributed by atoms with van der Waals surface area (Å²) in [6.45, 7) is 5.30. The number of carbonyl (C=O) groups is 1. The highest BCUT2D eigenvalue weighted by atomic mass is 16.3. The number of amides is 1. The van der Waals surface area contributed by atoms with Crippen molar-refractivity contribution in [1.29, 1.82) is 0 Å². The van der Waals surface area contributed by atoms with Crippen LogP contribution >= 0.6 is 0 Å². The highest BCUT2D eigenvalue weighted by Gasteiger charge is 2.28. The fourth-order valence-corrected chi connectivity index (χ4v) is 2.09. The first kappa shape index (κ1) is 14.7. The summed E-state index contributed by atoms with van der Waals surface area (Å²) in [5, 5.41) is 11.9. The lowest BCUT2D eigenvalue weighted by atomic mass is 10.0. The van der Waals surface area contributed by atoms with E-state index in [4.69, 9.17) is 0 Å². The second kappa shape index (κ2) is 5.75. The number of hydrogen-bond acceptors (Lipinski definition) is 4. The molecular formula is C14H21N3O3. The first-order valence-electron chi connectivity index (χ1n) is 6.96. The number of aromatic amines is 1. The number of carbonyl (C=O) groups excluding carboxylic acids is 1. The van der Waals surface area contributed by atoms with Gasteiger partial charge in [-0.15, -0.1) is 0 Å². The van der Waals surface area contributed by atoms with Gasteiger partial charge in [-0.05, 0) is 25.7 Å². The van der Waals surface area contributed by atoms with Crippen molar-refractivity contribution < 1.29 is 9.90 Å². The molecule has 110 valence electrons. The molecule has 0 unspecified atom stereocenters. The molecule has 1 atom stereocenters. The Balaban J connectivity index is 2.23. The van der Waals surface area contributed by atoms with E-state index in [1.807, 2.05) is 13.8 Å². The smallest absolute Gasteiger partial charge is 0.264 e. The quantitative estimate of drug-likeness (QED) is 0.739. The van der Waals surface area contributed by atoms with Gasteiger partial charge in [0.2, 0.25) is 0 Å². The van der Waals surface area contributed by atoms with E-state index in [9.17, 15) is 14.7 Å². The largest absolute Gasteiger partial charge is 0.394 e. The maximum atomic E-state index is 12.2. The zero-order valence-electron chi connectivity index (χ0n) is 12.1. The number of aliphatic hydroxyl groups excluding tert-OH is 1. The van der Waals surface area contributed by atoms with Crippen molar-refractivity contribution in [3.8, 4) is 0 Å². The highest BCUT2D eigenvalue weighted by Crippen LogP contribution is 2.37. The van der Waals surface area contributed by atoms with Crippen LogP contribution in [0.1, 0.15) is 54.5 Å². The van der Waals surface area contributed by atoms with E-state index in [0.717, 1.165) is 12.8 Å². The minimum atomic E-state index is -0.480. The molecule has 6 heteroatoms. The highest BCUT2D eigenvalue weighted by molar-refractivity contribution is 5.95. The zero-order valence-corrected chi connectivity index (χ0v) is 12.1. The number of hydrogen-bond donors (Lipinski definition) is 3. The number of rotatable bonds is 5. The molecule has 0 bridgehead atoms. The van der Waals surface area contributed by atoms with Gasteiger partial charge in [0.1, 0.15) is 11.4 Å². The van der Waals surface area contributed by atoms with Crippen LogP contribution in [0.2, 0.25) is 0 Å². The minimum Gasteiger partial charge on any atom is -0.394 e. The van der Waals surface area contributed by atoms with Gasteiger partial charge in [0.05, 0.1) is 18.3 Å². The van der Waals surface area contributed by atoms with E-state index in [1.165, 1.54) is 0 Å². The SMILES string of the molecule is Cc1nc(C2CC2)[nH]c(=O)c1C(=O)N[C@H](CO)C(C)C. The normalized spacial score (nSPS) is 16.2. The third-order valence-electron chi connectivity index (χ3n) is 3.63. The van der Waals surface area contributed by atoms with E-state index >= 15 is 0 Å². The summed E-state index contributed by atoms with van der Waals surface area (Å²) in [6, 6.07) is -0.371. The number of nitrogens with one attached hydrogen (secondary N) is 2. The molecule has 1 aliphatic rings. The Morgan fingerprint density at radius 3 is 2.60 bits per heavy atom. The molecule has 1 amide bonds. The molecule has 1 aromatic heterocycles. The molecule has 6 nitrogen and oxygen atoms in total. The van der Waals surface area contributed by atoms with Crippen molar-refractivity contribution in [3.05, 3.63) is 27.4 Å². The molecule has 0 aromatic carbocycles. The zero-order chi connectivity index (χ0) is 14.9. The van der Waals surface area contributed by atoms with Gasteiger partial charge in [-0.1, -0.05) is 13.8 Å². The molecule has 0 spiro atoms. The summed E-state index contributed by atoms with van der Waals surface area (Å²) in [4.78, 5) is 31.2. The lowest BCUT2D eigenvalue weighted by molar-refractivity contribution is 0.0894. The van der Waals surface area contributed by atoms with E-state index in [1.54, 1.807) is 6.92 Å². The first-order valence-corrected chi connectivity index (χ1v) is 6.96. The third-order valence-corrected chi connectivity index (χ3v) is 3.63. The average molecular weight is 279 g/mol. The summed E-state index contributed by atoms with van der Waals surface area (Å²) in [5.41, 5.74) is 0.0689. The van der Waals surface area contributed by atoms with Gasteiger partial charge in [-0.2, -0.15) is 0 Å². The molecule has 1 saturated carbocycles. The predicted molar refractivity (Wildman–Crippen MR) is 74.7 cm³/mol. The molecule has 0 radical (unpaired) electrons. The number of aryl methyl sites for hydroxylation is 1. The molecular weight excluding hydrogens is 258 g/mol. The molecule has 1 aromatic rings. The Kier molecular flexibility index (Phi) is 4.23. The lowest BCUT2D eigenvalue weighted by Gasteiger charge is -2.20. The monoisotopic (exact) mass is 279 g/mol. The van der Waals surface area contributed by atoms with Crippen molar-refractivity contribution in [2.75, 3.05) is 6.61 Å². The van der Waals surface area contributed by atoms with Crippen molar-refractivity contribution in [2.24, 2.45) is 5.92 Å². The lowest BCUT2D eigenvalue weighted by Crippen LogP contribution is -2.43. The molecule has 20 heavy (non-hydrogen) atoms. The topological polar surface area (TPSA) is 95.1 Å². The van der Waals surface area contributed by atoms with Gasteiger partial charge in [0.15, 0.2) is 0 Å². The molecule has 3 N–H and O–H groups in total. The maximum Gasteiger partial charge on any atom is 0.264 e. The molecule has 0 saturated heterocycles. The summed E-state index contributed by atoms with van der Waals surface area (Å²) in [6.07, 6.45) is 2.07. The number of aromatic nitrogens is 2. The second-order valence-corrected chi connectivity index (χ2v) is 5.69. The molecule has 1 fully saturated rings. The molecule has 2 rings (SSSR count). The van der Waals surface area contributed by atoms with Crippen LogP contribution in [0.15, 0.2) is 4.79 Å². The Morgan fingerprint density at radius 1 is 1.50 bits per heavy atom. The Morgan fingerprint density at radius 2 is 2.15 bits per heavy atom. The summed E-state index contributed by atoms with van der Waals surface area (Å²) in [5.74, 6) is 0.611. The standard InChI is InChI=1S/C14H21N3O3/c1-7(2)10(6-18)16-13(19)11-8(3)15-12(9-4-5-9)17-14(11)20/h7,9-10,18H,4-6H2,1-3H3,(H,16,19)(H,15,17,20)/t10-/m1/s1. The van der Waals surface area contributed by atoms with Crippen molar-refractivity contribution >= 4 is 5.91 Å². The molecule has 1 heterocycles. The number of aliphatic hydroxyl groups is 1. The Bertz CT molecular complexity index is 561. The van der Waals surface area contributed by atoms with Crippen molar-refractivity contribution in [2.45, 2.75) is 45.6 Å². The fraction of sp³-hybridized carbons (Fsp3) is 0.643. The van der Waals surface area contributed by atoms with Crippen LogP contribution in [-0.2, 0) is 0 Å².